The van der Waals surface area contributed by atoms with Crippen molar-refractivity contribution in [3.63, 3.8) is 0 Å². The van der Waals surface area contributed by atoms with E-state index in [4.69, 9.17) is 24.7 Å². The van der Waals surface area contributed by atoms with Crippen LogP contribution >= 0.6 is 0 Å². The number of nitrogens with two attached hydrogens (primary N) is 1. The predicted octanol–water partition coefficient (Wildman–Crippen LogP) is 4.76. The van der Waals surface area contributed by atoms with Crippen LogP contribution in [0, 0.1) is 0 Å². The summed E-state index contributed by atoms with van der Waals surface area (Å²) in [6, 6.07) is 21.5. The van der Waals surface area contributed by atoms with E-state index in [1.54, 1.807) is 12.1 Å². The van der Waals surface area contributed by atoms with Crippen molar-refractivity contribution in [1.29, 1.82) is 0 Å². The molecular weight excluding hydrogens is 634 g/mol. The fourth-order valence-corrected chi connectivity index (χ4v) is 7.67. The van der Waals surface area contributed by atoms with Crippen LogP contribution in [0.2, 0.25) is 0 Å². The number of aryl methyl sites for hydroxylation is 1. The smallest absolute Gasteiger partial charge is 0.248 e. The number of carbonyl (C=O) groups is 2. The van der Waals surface area contributed by atoms with Gasteiger partial charge in [0.1, 0.15) is 5.75 Å². The van der Waals surface area contributed by atoms with Crippen LogP contribution in [0.1, 0.15) is 51.5 Å². The average Bonchev–Trinajstić information content (AvgIpc) is 3.09. The van der Waals surface area contributed by atoms with Crippen molar-refractivity contribution in [2.75, 3.05) is 33.9 Å². The molecular formula is C36H37N3O8S. The summed E-state index contributed by atoms with van der Waals surface area (Å²) in [5.41, 5.74) is 8.84. The molecule has 2 amide bonds. The lowest BCUT2D eigenvalue weighted by molar-refractivity contribution is -0.121. The molecule has 1 unspecified atom stereocenters. The number of rotatable bonds is 5. The highest BCUT2D eigenvalue weighted by atomic mass is 32.2. The van der Waals surface area contributed by atoms with Crippen LogP contribution in [-0.4, -0.2) is 58.5 Å². The third kappa shape index (κ3) is 6.80. The topological polar surface area (TPSA) is 146 Å². The second-order valence-corrected chi connectivity index (χ2v) is 13.5. The van der Waals surface area contributed by atoms with Gasteiger partial charge < -0.3 is 30.0 Å². The molecule has 11 nitrogen and oxygen atoms in total. The van der Waals surface area contributed by atoms with E-state index in [2.05, 4.69) is 5.32 Å². The normalized spacial score (nSPS) is 17.0. The van der Waals surface area contributed by atoms with E-state index in [1.807, 2.05) is 42.5 Å². The zero-order chi connectivity index (χ0) is 33.8. The van der Waals surface area contributed by atoms with Gasteiger partial charge in [-0.1, -0.05) is 18.2 Å². The van der Waals surface area contributed by atoms with Crippen LogP contribution < -0.4 is 30.0 Å². The first kappa shape index (κ1) is 32.9. The van der Waals surface area contributed by atoms with Crippen LogP contribution in [0.15, 0.2) is 83.8 Å². The lowest BCUT2D eigenvalue weighted by Gasteiger charge is -2.37. The van der Waals surface area contributed by atoms with Crippen molar-refractivity contribution in [2.45, 2.75) is 36.6 Å². The molecule has 3 aliphatic rings. The van der Waals surface area contributed by atoms with Gasteiger partial charge in [-0.3, -0.25) is 9.59 Å². The Morgan fingerprint density at radius 2 is 1.71 bits per heavy atom. The molecule has 3 aliphatic heterocycles. The summed E-state index contributed by atoms with van der Waals surface area (Å²) in [6.45, 7) is 0.898. The van der Waals surface area contributed by atoms with Crippen molar-refractivity contribution >= 4 is 21.8 Å². The summed E-state index contributed by atoms with van der Waals surface area (Å²) >= 11 is 0. The van der Waals surface area contributed by atoms with Gasteiger partial charge in [0.05, 0.1) is 31.8 Å². The number of hydrogen-bond acceptors (Lipinski definition) is 8. The van der Waals surface area contributed by atoms with Gasteiger partial charge in [0.15, 0.2) is 23.0 Å². The van der Waals surface area contributed by atoms with E-state index in [1.165, 1.54) is 42.8 Å². The molecule has 3 N–H and O–H groups in total. The Kier molecular flexibility index (Phi) is 9.56. The maximum absolute atomic E-state index is 14.3. The number of ether oxygens (including phenoxy) is 4. The monoisotopic (exact) mass is 671 g/mol. The summed E-state index contributed by atoms with van der Waals surface area (Å²) in [5, 5.41) is 2.94. The number of carbonyl (C=O) groups excluding carboxylic acids is 2. The van der Waals surface area contributed by atoms with Gasteiger partial charge in [0, 0.05) is 25.1 Å². The highest BCUT2D eigenvalue weighted by molar-refractivity contribution is 7.89. The van der Waals surface area contributed by atoms with Gasteiger partial charge in [0.25, 0.3) is 0 Å². The fourth-order valence-electron chi connectivity index (χ4n) is 6.07. The van der Waals surface area contributed by atoms with Crippen molar-refractivity contribution in [2.24, 2.45) is 5.73 Å². The summed E-state index contributed by atoms with van der Waals surface area (Å²) in [5.74, 6) is 1.72. The molecule has 1 atom stereocenters. The highest BCUT2D eigenvalue weighted by Gasteiger charge is 2.39. The minimum absolute atomic E-state index is 0.0289. The van der Waals surface area contributed by atoms with Gasteiger partial charge in [-0.15, -0.1) is 0 Å². The molecule has 0 aliphatic carbocycles. The lowest BCUT2D eigenvalue weighted by Crippen LogP contribution is -2.40. The molecule has 4 aromatic rings. The number of primary amides is 1. The maximum Gasteiger partial charge on any atom is 0.248 e. The lowest BCUT2D eigenvalue weighted by atomic mass is 9.89. The summed E-state index contributed by atoms with van der Waals surface area (Å²) in [6.07, 6.45) is 1.83. The number of sulfonamides is 1. The molecule has 0 spiro atoms. The van der Waals surface area contributed by atoms with Crippen LogP contribution in [0.4, 0.5) is 0 Å². The first-order chi connectivity index (χ1) is 23.2. The number of methoxy groups -OCH3 is 2. The molecule has 12 heteroatoms. The van der Waals surface area contributed by atoms with Crippen LogP contribution in [0.5, 0.6) is 28.7 Å². The van der Waals surface area contributed by atoms with Crippen LogP contribution in [0.25, 0.3) is 0 Å². The third-order valence-corrected chi connectivity index (χ3v) is 10.4. The molecule has 0 aromatic heterocycles. The second-order valence-electron chi connectivity index (χ2n) is 11.6. The minimum atomic E-state index is -4.09. The van der Waals surface area contributed by atoms with E-state index in [-0.39, 0.29) is 22.9 Å². The van der Waals surface area contributed by atoms with E-state index in [0.29, 0.717) is 73.1 Å². The SMILES string of the molecule is COc1ccc2cc1OCCCNC(=O)CCc1cccc(c1)Oc1cc3c(cc1OC)C2N(S(=O)(=O)c1ccc(C(N)=O)cc1)CC3. The Hall–Kier alpha value is -5.07. The van der Waals surface area contributed by atoms with Crippen molar-refractivity contribution in [3.8, 4) is 28.7 Å². The highest BCUT2D eigenvalue weighted by Crippen LogP contribution is 2.45. The zero-order valence-electron chi connectivity index (χ0n) is 26.7. The Labute approximate surface area is 279 Å². The predicted molar refractivity (Wildman–Crippen MR) is 178 cm³/mol. The standard InChI is InChI=1S/C36H37N3O8S/c1-44-30-13-10-26-21-32(30)46-18-4-16-38-34(40)14-7-23-5-3-6-27(19-23)47-33-20-25-15-17-39(35(26)29(25)22-31(33)45-2)48(42,43)28-11-8-24(9-12-28)36(37)41/h3,5-6,8-13,19-22,35H,4,7,14-18H2,1-2H3,(H2,37,41)(H,38,40). The summed E-state index contributed by atoms with van der Waals surface area (Å²) in [7, 11) is -1.01. The summed E-state index contributed by atoms with van der Waals surface area (Å²) < 4.78 is 54.0. The van der Waals surface area contributed by atoms with Gasteiger partial charge in [-0.2, -0.15) is 4.31 Å². The number of nitrogens with one attached hydrogen (secondary N) is 1. The van der Waals surface area contributed by atoms with E-state index < -0.39 is 22.0 Å². The van der Waals surface area contributed by atoms with Gasteiger partial charge >= 0.3 is 0 Å². The van der Waals surface area contributed by atoms with Crippen molar-refractivity contribution < 1.29 is 37.0 Å². The van der Waals surface area contributed by atoms with Gasteiger partial charge in [0.2, 0.25) is 21.8 Å². The number of benzene rings is 4. The molecule has 4 aromatic carbocycles. The molecule has 0 radical (unpaired) electrons. The molecule has 48 heavy (non-hydrogen) atoms. The summed E-state index contributed by atoms with van der Waals surface area (Å²) in [4.78, 5) is 24.3. The maximum atomic E-state index is 14.3. The molecule has 7 rings (SSSR count). The third-order valence-electron chi connectivity index (χ3n) is 8.53. The van der Waals surface area contributed by atoms with Gasteiger partial charge in [-0.05, 0) is 102 Å². The zero-order valence-corrected chi connectivity index (χ0v) is 27.5. The van der Waals surface area contributed by atoms with E-state index >= 15 is 0 Å². The Bertz CT molecular complexity index is 1950. The van der Waals surface area contributed by atoms with Crippen LogP contribution in [0.3, 0.4) is 0 Å². The fraction of sp³-hybridized carbons (Fsp3) is 0.278. The first-order valence-corrected chi connectivity index (χ1v) is 17.1. The van der Waals surface area contributed by atoms with Crippen molar-refractivity contribution in [3.05, 3.63) is 107 Å². The average molecular weight is 672 g/mol. The van der Waals surface area contributed by atoms with Crippen molar-refractivity contribution in [1.82, 2.24) is 9.62 Å². The minimum Gasteiger partial charge on any atom is -0.493 e. The Morgan fingerprint density at radius 3 is 2.46 bits per heavy atom. The molecule has 0 fully saturated rings. The molecule has 8 bridgehead atoms. The number of fused-ring (bicyclic) bond motifs is 8. The Balaban J connectivity index is 1.49. The van der Waals surface area contributed by atoms with Crippen LogP contribution in [-0.2, 0) is 27.7 Å². The Morgan fingerprint density at radius 1 is 0.917 bits per heavy atom. The largest absolute Gasteiger partial charge is 0.493 e. The quantitative estimate of drug-likeness (QED) is 0.309. The molecule has 0 saturated heterocycles. The first-order valence-electron chi connectivity index (χ1n) is 15.6. The van der Waals surface area contributed by atoms with E-state index in [9.17, 15) is 18.0 Å². The number of amides is 2. The second kappa shape index (κ2) is 14.0. The number of nitrogens with zero attached hydrogens (tertiary/aromatic N) is 1. The molecule has 3 heterocycles. The molecule has 250 valence electrons. The van der Waals surface area contributed by atoms with Gasteiger partial charge in [-0.25, -0.2) is 8.42 Å². The molecule has 0 saturated carbocycles. The number of hydrogen-bond donors (Lipinski definition) is 2. The van der Waals surface area contributed by atoms with E-state index in [0.717, 1.165) is 16.7 Å².